The van der Waals surface area contributed by atoms with Gasteiger partial charge in [0.1, 0.15) is 6.33 Å². The lowest BCUT2D eigenvalue weighted by Gasteiger charge is -2.06. The maximum Gasteiger partial charge on any atom is 0.335 e. The molecule has 0 aliphatic carbocycles. The zero-order valence-electron chi connectivity index (χ0n) is 14.8. The zero-order valence-corrected chi connectivity index (χ0v) is 14.8. The second-order valence-corrected chi connectivity index (χ2v) is 6.59. The molecule has 5 nitrogen and oxygen atoms in total. The highest BCUT2D eigenvalue weighted by Crippen LogP contribution is 2.31. The number of hydrogen-bond donors (Lipinski definition) is 1. The molecule has 132 valence electrons. The van der Waals surface area contributed by atoms with Crippen molar-refractivity contribution in [2.45, 2.75) is 13.5 Å². The fourth-order valence-electron chi connectivity index (χ4n) is 3.88. The Bertz CT molecular complexity index is 1340. The maximum absolute atomic E-state index is 11.2. The molecule has 27 heavy (non-hydrogen) atoms. The molecule has 0 amide bonds. The van der Waals surface area contributed by atoms with E-state index in [1.807, 2.05) is 10.6 Å². The van der Waals surface area contributed by atoms with Gasteiger partial charge in [0.15, 0.2) is 0 Å². The molecule has 0 bridgehead atoms. The van der Waals surface area contributed by atoms with Crippen molar-refractivity contribution in [3.8, 4) is 5.69 Å². The van der Waals surface area contributed by atoms with Gasteiger partial charge in [0.25, 0.3) is 0 Å². The summed E-state index contributed by atoms with van der Waals surface area (Å²) in [4.78, 5) is 15.6. The summed E-state index contributed by atoms with van der Waals surface area (Å²) in [6.45, 7) is 3.07. The molecule has 0 fully saturated rings. The van der Waals surface area contributed by atoms with Crippen molar-refractivity contribution in [3.05, 3.63) is 72.6 Å². The minimum Gasteiger partial charge on any atom is -0.478 e. The molecule has 0 unspecified atom stereocenters. The minimum absolute atomic E-state index is 0.245. The summed E-state index contributed by atoms with van der Waals surface area (Å²) in [7, 11) is 0. The number of rotatable bonds is 3. The van der Waals surface area contributed by atoms with Crippen LogP contribution in [0.3, 0.4) is 0 Å². The molecule has 5 aromatic rings. The molecule has 0 spiro atoms. The third kappa shape index (κ3) is 2.25. The predicted molar refractivity (Wildman–Crippen MR) is 107 cm³/mol. The number of carboxylic acid groups (broad SMARTS) is 1. The van der Waals surface area contributed by atoms with Crippen molar-refractivity contribution in [3.63, 3.8) is 0 Å². The molecule has 5 heteroatoms. The number of benzene rings is 3. The molecular weight excluding hydrogens is 338 g/mol. The summed E-state index contributed by atoms with van der Waals surface area (Å²) in [6, 6.07) is 19.9. The van der Waals surface area contributed by atoms with Gasteiger partial charge >= 0.3 is 5.97 Å². The normalized spacial score (nSPS) is 11.6. The minimum atomic E-state index is -0.944. The third-order valence-corrected chi connectivity index (χ3v) is 5.14. The smallest absolute Gasteiger partial charge is 0.335 e. The van der Waals surface area contributed by atoms with Gasteiger partial charge in [-0.3, -0.25) is 4.57 Å². The summed E-state index contributed by atoms with van der Waals surface area (Å²) >= 11 is 0. The highest BCUT2D eigenvalue weighted by Gasteiger charge is 2.12. The van der Waals surface area contributed by atoms with Crippen LogP contribution >= 0.6 is 0 Å². The molecule has 2 heterocycles. The van der Waals surface area contributed by atoms with Crippen molar-refractivity contribution in [2.75, 3.05) is 0 Å². The summed E-state index contributed by atoms with van der Waals surface area (Å²) in [6.07, 6.45) is 1.75. The first-order valence-corrected chi connectivity index (χ1v) is 8.89. The highest BCUT2D eigenvalue weighted by atomic mass is 16.4. The number of fused-ring (bicyclic) bond motifs is 4. The van der Waals surface area contributed by atoms with E-state index in [2.05, 4.69) is 58.9 Å². The Balaban J connectivity index is 1.75. The van der Waals surface area contributed by atoms with E-state index in [1.54, 1.807) is 18.5 Å². The number of aryl methyl sites for hydroxylation is 1. The van der Waals surface area contributed by atoms with Crippen LogP contribution in [0.25, 0.3) is 38.5 Å². The van der Waals surface area contributed by atoms with Crippen LogP contribution in [0.1, 0.15) is 17.3 Å². The lowest BCUT2D eigenvalue weighted by Crippen LogP contribution is -1.96. The van der Waals surface area contributed by atoms with E-state index >= 15 is 0 Å². The van der Waals surface area contributed by atoms with Crippen molar-refractivity contribution in [1.82, 2.24) is 14.1 Å². The molecule has 0 saturated heterocycles. The van der Waals surface area contributed by atoms with Gasteiger partial charge in [0.2, 0.25) is 0 Å². The van der Waals surface area contributed by atoms with Crippen molar-refractivity contribution >= 4 is 38.8 Å². The Morgan fingerprint density at radius 2 is 1.74 bits per heavy atom. The standard InChI is InChI=1S/C22H17N3O2/c1-2-24-19-6-4-3-5-16(19)17-12-15(8-10-20(17)24)25-13-23-18-11-14(22(26)27)7-9-21(18)25/h3-13H,2H2,1H3,(H,26,27). The third-order valence-electron chi connectivity index (χ3n) is 5.14. The first-order chi connectivity index (χ1) is 13.2. The molecule has 5 rings (SSSR count). The largest absolute Gasteiger partial charge is 0.478 e. The quantitative estimate of drug-likeness (QED) is 0.503. The molecular formula is C22H17N3O2. The van der Waals surface area contributed by atoms with Crippen LogP contribution in [-0.2, 0) is 6.54 Å². The van der Waals surface area contributed by atoms with Crippen LogP contribution in [0.5, 0.6) is 0 Å². The van der Waals surface area contributed by atoms with Crippen LogP contribution in [0, 0.1) is 0 Å². The van der Waals surface area contributed by atoms with Crippen molar-refractivity contribution in [2.24, 2.45) is 0 Å². The fraction of sp³-hybridized carbons (Fsp3) is 0.0909. The fourth-order valence-corrected chi connectivity index (χ4v) is 3.88. The summed E-state index contributed by atoms with van der Waals surface area (Å²) in [5, 5.41) is 11.6. The lowest BCUT2D eigenvalue weighted by molar-refractivity contribution is 0.0697. The Kier molecular flexibility index (Phi) is 3.31. The number of aromatic nitrogens is 3. The van der Waals surface area contributed by atoms with E-state index in [9.17, 15) is 9.90 Å². The monoisotopic (exact) mass is 355 g/mol. The highest BCUT2D eigenvalue weighted by molar-refractivity contribution is 6.08. The Hall–Kier alpha value is -3.60. The number of carbonyl (C=O) groups is 1. The van der Waals surface area contributed by atoms with Crippen molar-refractivity contribution < 1.29 is 9.90 Å². The van der Waals surface area contributed by atoms with Crippen LogP contribution in [0.2, 0.25) is 0 Å². The van der Waals surface area contributed by atoms with E-state index in [4.69, 9.17) is 0 Å². The second-order valence-electron chi connectivity index (χ2n) is 6.59. The van der Waals surface area contributed by atoms with E-state index < -0.39 is 5.97 Å². The molecule has 0 saturated carbocycles. The van der Waals surface area contributed by atoms with Crippen LogP contribution < -0.4 is 0 Å². The number of para-hydroxylation sites is 1. The van der Waals surface area contributed by atoms with Crippen LogP contribution in [-0.4, -0.2) is 25.2 Å². The Morgan fingerprint density at radius 1 is 0.963 bits per heavy atom. The van der Waals surface area contributed by atoms with Gasteiger partial charge in [-0.05, 0) is 49.4 Å². The summed E-state index contributed by atoms with van der Waals surface area (Å²) in [5.41, 5.74) is 5.25. The van der Waals surface area contributed by atoms with Crippen molar-refractivity contribution in [1.29, 1.82) is 0 Å². The Morgan fingerprint density at radius 3 is 2.56 bits per heavy atom. The van der Waals surface area contributed by atoms with Crippen LogP contribution in [0.15, 0.2) is 67.0 Å². The number of aromatic carboxylic acids is 1. The molecule has 0 aliphatic rings. The number of nitrogens with zero attached hydrogens (tertiary/aromatic N) is 3. The van der Waals surface area contributed by atoms with Gasteiger partial charge in [-0.15, -0.1) is 0 Å². The maximum atomic E-state index is 11.2. The van der Waals surface area contributed by atoms with Gasteiger partial charge in [-0.1, -0.05) is 18.2 Å². The van der Waals surface area contributed by atoms with Gasteiger partial charge in [-0.25, -0.2) is 9.78 Å². The van der Waals surface area contributed by atoms with E-state index in [1.165, 1.54) is 21.8 Å². The first kappa shape index (κ1) is 15.6. The second kappa shape index (κ2) is 5.71. The van der Waals surface area contributed by atoms with Crippen LogP contribution in [0.4, 0.5) is 0 Å². The van der Waals surface area contributed by atoms with Gasteiger partial charge < -0.3 is 9.67 Å². The van der Waals surface area contributed by atoms with E-state index in [0.29, 0.717) is 5.52 Å². The van der Waals surface area contributed by atoms with Gasteiger partial charge in [-0.2, -0.15) is 0 Å². The average molecular weight is 355 g/mol. The molecule has 2 aromatic heterocycles. The molecule has 1 N–H and O–H groups in total. The van der Waals surface area contributed by atoms with Gasteiger partial charge in [0, 0.05) is 34.0 Å². The first-order valence-electron chi connectivity index (χ1n) is 8.89. The summed E-state index contributed by atoms with van der Waals surface area (Å²) < 4.78 is 4.32. The SMILES string of the molecule is CCn1c2ccccc2c2cc(-n3cnc4cc(C(=O)O)ccc43)ccc21. The number of hydrogen-bond acceptors (Lipinski definition) is 2. The molecule has 0 radical (unpaired) electrons. The molecule has 0 atom stereocenters. The predicted octanol–water partition coefficient (Wildman–Crippen LogP) is 4.85. The Labute approximate surface area is 155 Å². The molecule has 0 aliphatic heterocycles. The number of carboxylic acids is 1. The zero-order chi connectivity index (χ0) is 18.5. The lowest BCUT2D eigenvalue weighted by atomic mass is 10.1. The number of imidazole rings is 1. The molecule has 3 aromatic carbocycles. The average Bonchev–Trinajstić information content (AvgIpc) is 3.25. The van der Waals surface area contributed by atoms with Gasteiger partial charge in [0.05, 0.1) is 16.6 Å². The van der Waals surface area contributed by atoms with E-state index in [-0.39, 0.29) is 5.56 Å². The van der Waals surface area contributed by atoms with E-state index in [0.717, 1.165) is 17.7 Å². The topological polar surface area (TPSA) is 60.0 Å². The summed E-state index contributed by atoms with van der Waals surface area (Å²) in [5.74, 6) is -0.944.